The second kappa shape index (κ2) is 11.5. The van der Waals surface area contributed by atoms with Crippen molar-refractivity contribution in [3.8, 4) is 17.2 Å². The van der Waals surface area contributed by atoms with Gasteiger partial charge in [0, 0.05) is 35.4 Å². The summed E-state index contributed by atoms with van der Waals surface area (Å²) in [5.41, 5.74) is 5.01. The number of rotatable bonds is 9. The minimum Gasteiger partial charge on any atom is -0.494 e. The molecule has 4 aromatic rings. The molecule has 0 bridgehead atoms. The number of nitro groups is 1. The highest BCUT2D eigenvalue weighted by atomic mass is 32.2. The van der Waals surface area contributed by atoms with Gasteiger partial charge in [0.1, 0.15) is 11.5 Å². The van der Waals surface area contributed by atoms with E-state index in [1.807, 2.05) is 41.5 Å². The number of ether oxygens (including phenoxy) is 2. The van der Waals surface area contributed by atoms with Crippen LogP contribution >= 0.6 is 12.2 Å². The number of hydrogen-bond acceptors (Lipinski definition) is 8. The lowest BCUT2D eigenvalue weighted by atomic mass is 9.96. The Morgan fingerprint density at radius 2 is 1.79 bits per heavy atom. The van der Waals surface area contributed by atoms with Crippen molar-refractivity contribution in [3.05, 3.63) is 99.6 Å². The molecule has 0 spiro atoms. The molecule has 2 N–H and O–H groups in total. The number of methoxy groups -OCH3 is 2. The minimum absolute atomic E-state index is 0.0715. The third kappa shape index (κ3) is 5.70. The number of sulfonamides is 1. The Kier molecular flexibility index (Phi) is 7.99. The highest BCUT2D eigenvalue weighted by Gasteiger charge is 2.42. The van der Waals surface area contributed by atoms with E-state index in [2.05, 4.69) is 21.1 Å². The van der Waals surface area contributed by atoms with Gasteiger partial charge in [-0.05, 0) is 68.0 Å². The van der Waals surface area contributed by atoms with E-state index >= 15 is 0 Å². The van der Waals surface area contributed by atoms with Gasteiger partial charge >= 0.3 is 0 Å². The molecule has 224 valence electrons. The van der Waals surface area contributed by atoms with Crippen molar-refractivity contribution < 1.29 is 22.8 Å². The molecule has 12 nitrogen and oxygen atoms in total. The van der Waals surface area contributed by atoms with Crippen LogP contribution in [0.5, 0.6) is 11.5 Å². The van der Waals surface area contributed by atoms with Crippen LogP contribution in [0.25, 0.3) is 5.69 Å². The molecule has 1 aliphatic heterocycles. The predicted octanol–water partition coefficient (Wildman–Crippen LogP) is 4.96. The van der Waals surface area contributed by atoms with E-state index in [0.29, 0.717) is 33.7 Å². The van der Waals surface area contributed by atoms with Crippen molar-refractivity contribution in [2.24, 2.45) is 0 Å². The predicted molar refractivity (Wildman–Crippen MR) is 168 cm³/mol. The van der Waals surface area contributed by atoms with Crippen molar-refractivity contribution in [3.63, 3.8) is 0 Å². The first-order valence-corrected chi connectivity index (χ1v) is 15.4. The molecule has 1 aliphatic rings. The maximum absolute atomic E-state index is 11.9. The number of non-ortho nitro benzene ring substituents is 1. The van der Waals surface area contributed by atoms with Crippen LogP contribution in [0.15, 0.2) is 66.9 Å². The monoisotopic (exact) mass is 622 g/mol. The number of nitrogens with one attached hydrogen (secondary N) is 2. The van der Waals surface area contributed by atoms with Crippen LogP contribution in [0.2, 0.25) is 0 Å². The SMILES string of the molecule is COc1cc(N2C(=S)N[C@@H](c3ccccn3)[C@@H]2c2cc(C)n(-c3ccc([N+](=O)[O-])cc3OC)c2C)ccc1NS(C)(=O)=O. The number of hydrogen-bond donors (Lipinski definition) is 2. The summed E-state index contributed by atoms with van der Waals surface area (Å²) in [6.45, 7) is 3.92. The van der Waals surface area contributed by atoms with Crippen LogP contribution < -0.4 is 24.4 Å². The lowest BCUT2D eigenvalue weighted by Crippen LogP contribution is -2.29. The number of anilines is 2. The average Bonchev–Trinajstić information content (AvgIpc) is 3.47. The zero-order valence-electron chi connectivity index (χ0n) is 24.1. The van der Waals surface area contributed by atoms with Gasteiger partial charge in [0.05, 0.1) is 60.6 Å². The van der Waals surface area contributed by atoms with E-state index in [-0.39, 0.29) is 17.8 Å². The highest BCUT2D eigenvalue weighted by molar-refractivity contribution is 7.92. The van der Waals surface area contributed by atoms with Gasteiger partial charge in [0.15, 0.2) is 5.11 Å². The van der Waals surface area contributed by atoms with Crippen molar-refractivity contribution >= 4 is 44.4 Å². The molecule has 0 saturated carbocycles. The number of aryl methyl sites for hydroxylation is 1. The average molecular weight is 623 g/mol. The van der Waals surface area contributed by atoms with Gasteiger partial charge in [0.25, 0.3) is 5.69 Å². The van der Waals surface area contributed by atoms with Gasteiger partial charge in [-0.2, -0.15) is 0 Å². The van der Waals surface area contributed by atoms with Crippen molar-refractivity contribution in [2.45, 2.75) is 25.9 Å². The number of pyridine rings is 1. The van der Waals surface area contributed by atoms with Gasteiger partial charge in [-0.15, -0.1) is 0 Å². The summed E-state index contributed by atoms with van der Waals surface area (Å²) in [6, 6.07) is 16.7. The van der Waals surface area contributed by atoms with Gasteiger partial charge in [0.2, 0.25) is 10.0 Å². The summed E-state index contributed by atoms with van der Waals surface area (Å²) < 4.78 is 39.4. The largest absolute Gasteiger partial charge is 0.494 e. The molecule has 14 heteroatoms. The molecule has 1 saturated heterocycles. The molecule has 0 unspecified atom stereocenters. The number of benzene rings is 2. The molecule has 43 heavy (non-hydrogen) atoms. The topological polar surface area (TPSA) is 141 Å². The first kappa shape index (κ1) is 29.8. The Bertz CT molecular complexity index is 1830. The fourth-order valence-corrected chi connectivity index (χ4v) is 6.40. The molecule has 0 radical (unpaired) electrons. The Hall–Kier alpha value is -4.69. The molecule has 1 fully saturated rings. The third-order valence-corrected chi connectivity index (χ3v) is 8.17. The lowest BCUT2D eigenvalue weighted by Gasteiger charge is -2.29. The summed E-state index contributed by atoms with van der Waals surface area (Å²) in [5, 5.41) is 15.3. The molecule has 2 aromatic heterocycles. The Balaban J connectivity index is 1.68. The smallest absolute Gasteiger partial charge is 0.273 e. The Morgan fingerprint density at radius 1 is 1.05 bits per heavy atom. The number of aromatic nitrogens is 2. The van der Waals surface area contributed by atoms with Crippen molar-refractivity contribution in [1.82, 2.24) is 14.9 Å². The number of nitro benzene ring substituents is 1. The van der Waals surface area contributed by atoms with Gasteiger partial charge in [-0.1, -0.05) is 6.07 Å². The van der Waals surface area contributed by atoms with Gasteiger partial charge in [-0.25, -0.2) is 8.42 Å². The van der Waals surface area contributed by atoms with Crippen molar-refractivity contribution in [1.29, 1.82) is 0 Å². The Morgan fingerprint density at radius 3 is 2.42 bits per heavy atom. The summed E-state index contributed by atoms with van der Waals surface area (Å²) >= 11 is 5.88. The summed E-state index contributed by atoms with van der Waals surface area (Å²) in [5.74, 6) is 0.686. The third-order valence-electron chi connectivity index (χ3n) is 7.26. The van der Waals surface area contributed by atoms with Crippen LogP contribution in [0.3, 0.4) is 0 Å². The molecular weight excluding hydrogens is 592 g/mol. The van der Waals surface area contributed by atoms with E-state index in [1.54, 1.807) is 30.5 Å². The number of thiocarbonyl (C=S) groups is 1. The maximum atomic E-state index is 11.9. The molecule has 2 aromatic carbocycles. The first-order valence-electron chi connectivity index (χ1n) is 13.1. The van der Waals surface area contributed by atoms with Crippen LogP contribution in [0.4, 0.5) is 17.1 Å². The second-order valence-corrected chi connectivity index (χ2v) is 12.2. The zero-order chi connectivity index (χ0) is 31.1. The summed E-state index contributed by atoms with van der Waals surface area (Å²) in [7, 11) is -0.596. The van der Waals surface area contributed by atoms with Crippen molar-refractivity contribution in [2.75, 3.05) is 30.1 Å². The molecular formula is C29H30N6O6S2. The molecule has 5 rings (SSSR count). The standard InChI is InChI=1S/C29H30N6O6S2/c1-17-14-21(18(2)33(17)24-12-10-20(35(36)37)16-26(24)41-4)28-27(23-8-6-7-13-30-23)31-29(42)34(28)19-9-11-22(25(15-19)40-3)32-43(5,38)39/h6-16,27-28,32H,1-5H3,(H,31,42)/t27-,28-/m0/s1. The van der Waals surface area contributed by atoms with Crippen LogP contribution in [0, 0.1) is 24.0 Å². The zero-order valence-corrected chi connectivity index (χ0v) is 25.7. The van der Waals surface area contributed by atoms with Gasteiger partial charge in [-0.3, -0.25) is 19.8 Å². The summed E-state index contributed by atoms with van der Waals surface area (Å²) in [4.78, 5) is 17.5. The Labute approximate surface area is 254 Å². The molecule has 3 heterocycles. The van der Waals surface area contributed by atoms with E-state index in [0.717, 1.165) is 28.9 Å². The maximum Gasteiger partial charge on any atom is 0.273 e. The fraction of sp³-hybridized carbons (Fsp3) is 0.241. The van der Waals surface area contributed by atoms with E-state index in [1.165, 1.54) is 26.4 Å². The van der Waals surface area contributed by atoms with E-state index in [9.17, 15) is 18.5 Å². The number of nitrogens with zero attached hydrogens (tertiary/aromatic N) is 4. The second-order valence-electron chi connectivity index (χ2n) is 10.0. The van der Waals surface area contributed by atoms with E-state index < -0.39 is 14.9 Å². The molecule has 0 aliphatic carbocycles. The highest BCUT2D eigenvalue weighted by Crippen LogP contribution is 2.45. The molecule has 2 atom stereocenters. The normalized spacial score (nSPS) is 16.6. The van der Waals surface area contributed by atoms with Crippen LogP contribution in [0.1, 0.15) is 34.7 Å². The first-order chi connectivity index (χ1) is 20.4. The minimum atomic E-state index is -3.54. The molecule has 0 amide bonds. The van der Waals surface area contributed by atoms with Crippen LogP contribution in [-0.4, -0.2) is 48.5 Å². The van der Waals surface area contributed by atoms with E-state index in [4.69, 9.17) is 21.7 Å². The van der Waals surface area contributed by atoms with Crippen LogP contribution in [-0.2, 0) is 10.0 Å². The quantitative estimate of drug-likeness (QED) is 0.149. The fourth-order valence-electron chi connectivity index (χ4n) is 5.49. The lowest BCUT2D eigenvalue weighted by molar-refractivity contribution is -0.384. The summed E-state index contributed by atoms with van der Waals surface area (Å²) in [6.07, 6.45) is 2.79. The van der Waals surface area contributed by atoms with Gasteiger partial charge < -0.3 is 24.3 Å².